The number of nitriles is 1. The lowest BCUT2D eigenvalue weighted by molar-refractivity contribution is 0.276. The molecule has 0 aliphatic carbocycles. The van der Waals surface area contributed by atoms with Crippen molar-refractivity contribution in [3.8, 4) is 6.07 Å². The Morgan fingerprint density at radius 2 is 1.93 bits per heavy atom. The SMILES string of the molecule is Cl.N#Cc1ccc([C@@H](N)CCO)cc1. The largest absolute Gasteiger partial charge is 0.396 e. The normalized spacial score (nSPS) is 11.2. The number of aliphatic hydroxyl groups is 1. The number of hydrogen-bond donors (Lipinski definition) is 2. The van der Waals surface area contributed by atoms with E-state index in [4.69, 9.17) is 16.1 Å². The summed E-state index contributed by atoms with van der Waals surface area (Å²) in [6.45, 7) is 0.0845. The summed E-state index contributed by atoms with van der Waals surface area (Å²) in [7, 11) is 0. The van der Waals surface area contributed by atoms with Gasteiger partial charge in [0.05, 0.1) is 11.6 Å². The van der Waals surface area contributed by atoms with E-state index in [1.54, 1.807) is 12.1 Å². The van der Waals surface area contributed by atoms with Gasteiger partial charge in [0, 0.05) is 12.6 Å². The Balaban J connectivity index is 0.00000169. The van der Waals surface area contributed by atoms with Crippen LogP contribution in [0.5, 0.6) is 0 Å². The second-order valence-corrected chi connectivity index (χ2v) is 2.85. The van der Waals surface area contributed by atoms with E-state index in [0.717, 1.165) is 5.56 Å². The van der Waals surface area contributed by atoms with Gasteiger partial charge in [-0.05, 0) is 24.1 Å². The third kappa shape index (κ3) is 3.35. The number of hydrogen-bond acceptors (Lipinski definition) is 3. The fourth-order valence-corrected chi connectivity index (χ4v) is 1.11. The van der Waals surface area contributed by atoms with Crippen molar-refractivity contribution in [1.29, 1.82) is 5.26 Å². The number of rotatable bonds is 3. The minimum Gasteiger partial charge on any atom is -0.396 e. The molecule has 3 N–H and O–H groups in total. The van der Waals surface area contributed by atoms with Crippen LogP contribution in [0.1, 0.15) is 23.6 Å². The van der Waals surface area contributed by atoms with Crippen molar-refractivity contribution in [2.45, 2.75) is 12.5 Å². The van der Waals surface area contributed by atoms with E-state index < -0.39 is 0 Å². The summed E-state index contributed by atoms with van der Waals surface area (Å²) in [5.74, 6) is 0. The van der Waals surface area contributed by atoms with Crippen LogP contribution >= 0.6 is 12.4 Å². The van der Waals surface area contributed by atoms with E-state index in [9.17, 15) is 0 Å². The fourth-order valence-electron chi connectivity index (χ4n) is 1.11. The quantitative estimate of drug-likeness (QED) is 0.795. The molecule has 0 aliphatic heterocycles. The molecule has 1 rings (SSSR count). The monoisotopic (exact) mass is 212 g/mol. The van der Waals surface area contributed by atoms with Crippen LogP contribution in [0.2, 0.25) is 0 Å². The van der Waals surface area contributed by atoms with E-state index in [0.29, 0.717) is 12.0 Å². The second kappa shape index (κ2) is 6.39. The highest BCUT2D eigenvalue weighted by Crippen LogP contribution is 2.13. The molecular weight excluding hydrogens is 200 g/mol. The third-order valence-corrected chi connectivity index (χ3v) is 1.91. The van der Waals surface area contributed by atoms with Crippen molar-refractivity contribution in [2.75, 3.05) is 6.61 Å². The number of halogens is 1. The highest BCUT2D eigenvalue weighted by atomic mass is 35.5. The lowest BCUT2D eigenvalue weighted by atomic mass is 10.0. The van der Waals surface area contributed by atoms with E-state index in [1.165, 1.54) is 0 Å². The van der Waals surface area contributed by atoms with E-state index in [1.807, 2.05) is 18.2 Å². The molecule has 0 amide bonds. The molecule has 0 fully saturated rings. The van der Waals surface area contributed by atoms with Crippen molar-refractivity contribution < 1.29 is 5.11 Å². The Bertz CT molecular complexity index is 305. The maximum atomic E-state index is 8.67. The van der Waals surface area contributed by atoms with Crippen molar-refractivity contribution in [1.82, 2.24) is 0 Å². The number of nitrogens with two attached hydrogens (primary N) is 1. The Morgan fingerprint density at radius 3 is 2.36 bits per heavy atom. The van der Waals surface area contributed by atoms with Gasteiger partial charge in [0.15, 0.2) is 0 Å². The molecule has 3 nitrogen and oxygen atoms in total. The molecule has 4 heteroatoms. The average Bonchev–Trinajstić information content (AvgIpc) is 2.18. The topological polar surface area (TPSA) is 70.0 Å². The molecule has 0 radical (unpaired) electrons. The number of aliphatic hydroxyl groups excluding tert-OH is 1. The fraction of sp³-hybridized carbons (Fsp3) is 0.300. The highest BCUT2D eigenvalue weighted by Gasteiger charge is 2.03. The first-order valence-electron chi connectivity index (χ1n) is 4.14. The maximum absolute atomic E-state index is 8.67. The van der Waals surface area contributed by atoms with Crippen LogP contribution in [0.3, 0.4) is 0 Å². The minimum absolute atomic E-state index is 0. The van der Waals surface area contributed by atoms with Crippen LogP contribution < -0.4 is 5.73 Å². The summed E-state index contributed by atoms with van der Waals surface area (Å²) in [4.78, 5) is 0. The molecule has 1 atom stereocenters. The summed E-state index contributed by atoms with van der Waals surface area (Å²) >= 11 is 0. The van der Waals surface area contributed by atoms with E-state index in [-0.39, 0.29) is 25.1 Å². The smallest absolute Gasteiger partial charge is 0.0991 e. The van der Waals surface area contributed by atoms with Gasteiger partial charge < -0.3 is 10.8 Å². The summed E-state index contributed by atoms with van der Waals surface area (Å²) in [5.41, 5.74) is 7.33. The van der Waals surface area contributed by atoms with Crippen LogP contribution in [0.25, 0.3) is 0 Å². The van der Waals surface area contributed by atoms with Gasteiger partial charge in [-0.1, -0.05) is 12.1 Å². The van der Waals surface area contributed by atoms with Crippen LogP contribution in [0.15, 0.2) is 24.3 Å². The molecular formula is C10H13ClN2O. The van der Waals surface area contributed by atoms with Crippen molar-refractivity contribution in [3.63, 3.8) is 0 Å². The number of nitrogens with zero attached hydrogens (tertiary/aromatic N) is 1. The minimum atomic E-state index is -0.141. The molecule has 0 aliphatic rings. The predicted octanol–water partition coefficient (Wildman–Crippen LogP) is 1.36. The Labute approximate surface area is 89.6 Å². The summed E-state index contributed by atoms with van der Waals surface area (Å²) < 4.78 is 0. The van der Waals surface area contributed by atoms with Gasteiger partial charge in [-0.2, -0.15) is 5.26 Å². The highest BCUT2D eigenvalue weighted by molar-refractivity contribution is 5.85. The van der Waals surface area contributed by atoms with Crippen molar-refractivity contribution >= 4 is 12.4 Å². The van der Waals surface area contributed by atoms with Gasteiger partial charge in [-0.15, -0.1) is 12.4 Å². The lowest BCUT2D eigenvalue weighted by Gasteiger charge is -2.09. The zero-order valence-corrected chi connectivity index (χ0v) is 8.50. The Morgan fingerprint density at radius 1 is 1.36 bits per heavy atom. The van der Waals surface area contributed by atoms with Gasteiger partial charge in [-0.25, -0.2) is 0 Å². The van der Waals surface area contributed by atoms with E-state index in [2.05, 4.69) is 0 Å². The number of benzene rings is 1. The van der Waals surface area contributed by atoms with Crippen molar-refractivity contribution in [2.24, 2.45) is 5.73 Å². The Hall–Kier alpha value is -1.08. The summed E-state index contributed by atoms with van der Waals surface area (Å²) in [6.07, 6.45) is 0.548. The first kappa shape index (κ1) is 12.9. The van der Waals surface area contributed by atoms with E-state index >= 15 is 0 Å². The molecule has 0 saturated carbocycles. The zero-order valence-electron chi connectivity index (χ0n) is 7.68. The molecule has 0 saturated heterocycles. The second-order valence-electron chi connectivity index (χ2n) is 2.85. The standard InChI is InChI=1S/C10H12N2O.ClH/c11-7-8-1-3-9(4-2-8)10(12)5-6-13;/h1-4,10,13H,5-6,12H2;1H/t10-;/m0./s1. The van der Waals surface area contributed by atoms with Gasteiger partial charge in [0.2, 0.25) is 0 Å². The van der Waals surface area contributed by atoms with Crippen LogP contribution in [-0.2, 0) is 0 Å². The molecule has 0 spiro atoms. The van der Waals surface area contributed by atoms with Gasteiger partial charge in [0.25, 0.3) is 0 Å². The third-order valence-electron chi connectivity index (χ3n) is 1.91. The summed E-state index contributed by atoms with van der Waals surface area (Å²) in [5, 5.41) is 17.2. The molecule has 0 aromatic heterocycles. The predicted molar refractivity (Wildman–Crippen MR) is 57.0 cm³/mol. The summed E-state index contributed by atoms with van der Waals surface area (Å²) in [6, 6.07) is 8.99. The molecule has 1 aromatic rings. The maximum Gasteiger partial charge on any atom is 0.0991 e. The van der Waals surface area contributed by atoms with Crippen LogP contribution in [0.4, 0.5) is 0 Å². The molecule has 0 bridgehead atoms. The molecule has 76 valence electrons. The molecule has 14 heavy (non-hydrogen) atoms. The van der Waals surface area contributed by atoms with Gasteiger partial charge in [-0.3, -0.25) is 0 Å². The van der Waals surface area contributed by atoms with Crippen molar-refractivity contribution in [3.05, 3.63) is 35.4 Å². The zero-order chi connectivity index (χ0) is 9.68. The van der Waals surface area contributed by atoms with Gasteiger partial charge >= 0.3 is 0 Å². The Kier molecular flexibility index (Phi) is 5.89. The molecule has 0 unspecified atom stereocenters. The lowest BCUT2D eigenvalue weighted by Crippen LogP contribution is -2.11. The molecule has 0 heterocycles. The van der Waals surface area contributed by atoms with Crippen LogP contribution in [0, 0.1) is 11.3 Å². The van der Waals surface area contributed by atoms with Gasteiger partial charge in [0.1, 0.15) is 0 Å². The first-order chi connectivity index (χ1) is 6.27. The molecule has 1 aromatic carbocycles. The van der Waals surface area contributed by atoms with Crippen LogP contribution in [-0.4, -0.2) is 11.7 Å². The first-order valence-corrected chi connectivity index (χ1v) is 4.14. The average molecular weight is 213 g/mol.